The minimum absolute atomic E-state index is 0.00434. The fraction of sp³-hybridized carbons (Fsp3) is 0.150. The number of anilines is 1. The van der Waals surface area contributed by atoms with Crippen molar-refractivity contribution in [3.63, 3.8) is 0 Å². The standard InChI is InChI=1S/C20H17FN2O4S/c1-26-20(25)17-10-18(15-8-12(21)6-7-16(15)23-17)27-11-19(24)22-13-4-3-5-14(9-13)28-2/h3-10H,11H2,1-2H3,(H,22,24). The van der Waals surface area contributed by atoms with Gasteiger partial charge in [-0.1, -0.05) is 6.07 Å². The average Bonchev–Trinajstić information content (AvgIpc) is 2.71. The molecule has 1 heterocycles. The van der Waals surface area contributed by atoms with Crippen LogP contribution in [0.25, 0.3) is 10.9 Å². The van der Waals surface area contributed by atoms with E-state index in [-0.39, 0.29) is 24.0 Å². The number of nitrogens with one attached hydrogen (secondary N) is 1. The number of carbonyl (C=O) groups is 2. The molecule has 1 amide bonds. The summed E-state index contributed by atoms with van der Waals surface area (Å²) in [4.78, 5) is 29.2. The van der Waals surface area contributed by atoms with E-state index in [0.29, 0.717) is 16.6 Å². The Hall–Kier alpha value is -3.13. The molecular formula is C20H17FN2O4S. The lowest BCUT2D eigenvalue weighted by atomic mass is 10.1. The van der Waals surface area contributed by atoms with Crippen molar-refractivity contribution in [2.24, 2.45) is 0 Å². The SMILES string of the molecule is COC(=O)c1cc(OCC(=O)Nc2cccc(SC)c2)c2cc(F)ccc2n1. The highest BCUT2D eigenvalue weighted by molar-refractivity contribution is 7.98. The number of halogens is 1. The third kappa shape index (κ3) is 4.58. The minimum Gasteiger partial charge on any atom is -0.483 e. The van der Waals surface area contributed by atoms with Gasteiger partial charge in [0.1, 0.15) is 11.6 Å². The first-order chi connectivity index (χ1) is 13.5. The van der Waals surface area contributed by atoms with Crippen LogP contribution in [0.3, 0.4) is 0 Å². The van der Waals surface area contributed by atoms with Gasteiger partial charge in [-0.25, -0.2) is 14.2 Å². The number of fused-ring (bicyclic) bond motifs is 1. The quantitative estimate of drug-likeness (QED) is 0.500. The molecule has 0 aliphatic heterocycles. The van der Waals surface area contributed by atoms with E-state index in [4.69, 9.17) is 4.74 Å². The first-order valence-electron chi connectivity index (χ1n) is 8.25. The van der Waals surface area contributed by atoms with Crippen molar-refractivity contribution in [3.05, 3.63) is 60.0 Å². The zero-order chi connectivity index (χ0) is 20.1. The van der Waals surface area contributed by atoms with Gasteiger partial charge in [-0.3, -0.25) is 4.79 Å². The van der Waals surface area contributed by atoms with Crippen molar-refractivity contribution in [1.82, 2.24) is 4.98 Å². The maximum Gasteiger partial charge on any atom is 0.356 e. The predicted molar refractivity (Wildman–Crippen MR) is 105 cm³/mol. The predicted octanol–water partition coefficient (Wildman–Crippen LogP) is 3.90. The molecule has 0 spiro atoms. The van der Waals surface area contributed by atoms with Crippen molar-refractivity contribution >= 4 is 40.2 Å². The molecule has 0 atom stereocenters. The van der Waals surface area contributed by atoms with Crippen LogP contribution in [0.2, 0.25) is 0 Å². The molecule has 144 valence electrons. The number of hydrogen-bond acceptors (Lipinski definition) is 6. The maximum atomic E-state index is 13.6. The molecule has 8 heteroatoms. The van der Waals surface area contributed by atoms with Crippen LogP contribution < -0.4 is 10.1 Å². The van der Waals surface area contributed by atoms with E-state index in [1.165, 1.54) is 31.4 Å². The van der Waals surface area contributed by atoms with Crippen LogP contribution >= 0.6 is 11.8 Å². The fourth-order valence-corrected chi connectivity index (χ4v) is 3.00. The van der Waals surface area contributed by atoms with Crippen LogP contribution in [0.4, 0.5) is 10.1 Å². The number of rotatable bonds is 6. The first-order valence-corrected chi connectivity index (χ1v) is 9.48. The number of esters is 1. The van der Waals surface area contributed by atoms with Gasteiger partial charge in [0.25, 0.3) is 5.91 Å². The molecule has 28 heavy (non-hydrogen) atoms. The third-order valence-electron chi connectivity index (χ3n) is 3.84. The molecule has 0 fully saturated rings. The molecule has 2 aromatic carbocycles. The number of benzene rings is 2. The summed E-state index contributed by atoms with van der Waals surface area (Å²) in [6.07, 6.45) is 1.94. The van der Waals surface area contributed by atoms with E-state index in [0.717, 1.165) is 4.90 Å². The molecule has 6 nitrogen and oxygen atoms in total. The van der Waals surface area contributed by atoms with E-state index >= 15 is 0 Å². The molecule has 0 saturated carbocycles. The second-order valence-electron chi connectivity index (χ2n) is 5.73. The van der Waals surface area contributed by atoms with Gasteiger partial charge < -0.3 is 14.8 Å². The summed E-state index contributed by atoms with van der Waals surface area (Å²) in [6.45, 7) is -0.320. The Kier molecular flexibility index (Phi) is 6.10. The lowest BCUT2D eigenvalue weighted by Crippen LogP contribution is -2.20. The lowest BCUT2D eigenvalue weighted by molar-refractivity contribution is -0.118. The molecular weight excluding hydrogens is 383 g/mol. The van der Waals surface area contributed by atoms with Crippen LogP contribution in [0.1, 0.15) is 10.5 Å². The summed E-state index contributed by atoms with van der Waals surface area (Å²) in [7, 11) is 1.23. The molecule has 1 N–H and O–H groups in total. The number of thioether (sulfide) groups is 1. The van der Waals surface area contributed by atoms with E-state index < -0.39 is 11.8 Å². The first kappa shape index (κ1) is 19.6. The van der Waals surface area contributed by atoms with Gasteiger partial charge in [0.15, 0.2) is 12.3 Å². The van der Waals surface area contributed by atoms with E-state index in [2.05, 4.69) is 15.0 Å². The van der Waals surface area contributed by atoms with Crippen molar-refractivity contribution < 1.29 is 23.5 Å². The average molecular weight is 400 g/mol. The van der Waals surface area contributed by atoms with Gasteiger partial charge in [-0.15, -0.1) is 11.8 Å². The van der Waals surface area contributed by atoms with Crippen molar-refractivity contribution in [3.8, 4) is 5.75 Å². The molecule has 0 unspecified atom stereocenters. The maximum absolute atomic E-state index is 13.6. The smallest absolute Gasteiger partial charge is 0.356 e. The topological polar surface area (TPSA) is 77.5 Å². The molecule has 0 aliphatic carbocycles. The van der Waals surface area contributed by atoms with E-state index in [1.807, 2.05) is 24.5 Å². The summed E-state index contributed by atoms with van der Waals surface area (Å²) in [6, 6.07) is 12.6. The molecule has 3 rings (SSSR count). The number of pyridine rings is 1. The number of amides is 1. The van der Waals surface area contributed by atoms with Crippen LogP contribution in [0.15, 0.2) is 53.4 Å². The normalized spacial score (nSPS) is 10.5. The van der Waals surface area contributed by atoms with Crippen molar-refractivity contribution in [2.45, 2.75) is 4.90 Å². The van der Waals surface area contributed by atoms with Crippen LogP contribution in [0.5, 0.6) is 5.75 Å². The number of methoxy groups -OCH3 is 1. The van der Waals surface area contributed by atoms with Gasteiger partial charge in [0, 0.05) is 22.0 Å². The number of aromatic nitrogens is 1. The second kappa shape index (κ2) is 8.71. The highest BCUT2D eigenvalue weighted by Crippen LogP contribution is 2.27. The van der Waals surface area contributed by atoms with Crippen molar-refractivity contribution in [2.75, 3.05) is 25.3 Å². The van der Waals surface area contributed by atoms with Gasteiger partial charge >= 0.3 is 5.97 Å². The Morgan fingerprint density at radius 2 is 2.00 bits per heavy atom. The number of hydrogen-bond donors (Lipinski definition) is 1. The summed E-state index contributed by atoms with van der Waals surface area (Å²) < 4.78 is 23.9. The Balaban J connectivity index is 1.81. The second-order valence-corrected chi connectivity index (χ2v) is 6.61. The number of carbonyl (C=O) groups excluding carboxylic acids is 2. The largest absolute Gasteiger partial charge is 0.483 e. The Morgan fingerprint density at radius 3 is 2.75 bits per heavy atom. The highest BCUT2D eigenvalue weighted by atomic mass is 32.2. The summed E-state index contributed by atoms with van der Waals surface area (Å²) in [5, 5.41) is 3.09. The molecule has 0 aliphatic rings. The summed E-state index contributed by atoms with van der Waals surface area (Å²) in [5.74, 6) is -1.37. The monoisotopic (exact) mass is 400 g/mol. The van der Waals surface area contributed by atoms with Gasteiger partial charge in [-0.05, 0) is 42.7 Å². The highest BCUT2D eigenvalue weighted by Gasteiger charge is 2.15. The van der Waals surface area contributed by atoms with Crippen LogP contribution in [-0.4, -0.2) is 36.8 Å². The summed E-state index contributed by atoms with van der Waals surface area (Å²) >= 11 is 1.56. The van der Waals surface area contributed by atoms with E-state index in [1.54, 1.807) is 17.8 Å². The summed E-state index contributed by atoms with van der Waals surface area (Å²) in [5.41, 5.74) is 0.999. The molecule has 0 saturated heterocycles. The molecule has 0 radical (unpaired) electrons. The van der Waals surface area contributed by atoms with Crippen LogP contribution in [0, 0.1) is 5.82 Å². The van der Waals surface area contributed by atoms with Gasteiger partial charge in [-0.2, -0.15) is 0 Å². The minimum atomic E-state index is -0.658. The Labute approximate surface area is 165 Å². The van der Waals surface area contributed by atoms with Gasteiger partial charge in [0.2, 0.25) is 0 Å². The van der Waals surface area contributed by atoms with Gasteiger partial charge in [0.05, 0.1) is 12.6 Å². The fourth-order valence-electron chi connectivity index (χ4n) is 2.54. The molecule has 3 aromatic rings. The van der Waals surface area contributed by atoms with E-state index in [9.17, 15) is 14.0 Å². The zero-order valence-corrected chi connectivity index (χ0v) is 16.0. The number of ether oxygens (including phenoxy) is 2. The lowest BCUT2D eigenvalue weighted by Gasteiger charge is -2.11. The van der Waals surface area contributed by atoms with Crippen molar-refractivity contribution in [1.29, 1.82) is 0 Å². The zero-order valence-electron chi connectivity index (χ0n) is 15.2. The number of nitrogens with zero attached hydrogens (tertiary/aromatic N) is 1. The van der Waals surface area contributed by atoms with Crippen LogP contribution in [-0.2, 0) is 9.53 Å². The molecule has 0 bridgehead atoms. The Morgan fingerprint density at radius 1 is 1.18 bits per heavy atom. The third-order valence-corrected chi connectivity index (χ3v) is 4.56. The molecule has 1 aromatic heterocycles. The Bertz CT molecular complexity index is 1040.